The Morgan fingerprint density at radius 2 is 2.19 bits per heavy atom. The Bertz CT molecular complexity index is 435. The van der Waals surface area contributed by atoms with Gasteiger partial charge in [-0.25, -0.2) is 0 Å². The maximum atomic E-state index is 8.85. The van der Waals surface area contributed by atoms with E-state index >= 15 is 0 Å². The minimum Gasteiger partial charge on any atom is -0.466 e. The molecule has 5 heteroatoms. The Kier molecular flexibility index (Phi) is 5.21. The van der Waals surface area contributed by atoms with Crippen LogP contribution in [0.1, 0.15) is 5.56 Å². The smallest absolute Gasteiger partial charge is 0.188 e. The van der Waals surface area contributed by atoms with Crippen molar-refractivity contribution in [1.29, 1.82) is 10.5 Å². The summed E-state index contributed by atoms with van der Waals surface area (Å²) in [4.78, 5) is 0.895. The van der Waals surface area contributed by atoms with Crippen LogP contribution in [-0.4, -0.2) is 19.7 Å². The first-order valence-electron chi connectivity index (χ1n) is 4.47. The summed E-state index contributed by atoms with van der Waals surface area (Å²) in [7, 11) is 1.51. The number of hydrogen-bond acceptors (Lipinski definition) is 5. The third-order valence-electron chi connectivity index (χ3n) is 1.71. The lowest BCUT2D eigenvalue weighted by atomic mass is 10.2. The average Bonchev–Trinajstić information content (AvgIpc) is 2.33. The lowest BCUT2D eigenvalue weighted by Crippen LogP contribution is -2.00. The zero-order valence-electron chi connectivity index (χ0n) is 8.77. The molecule has 0 heterocycles. The molecule has 82 valence electrons. The molecule has 16 heavy (non-hydrogen) atoms. The van der Waals surface area contributed by atoms with Crippen LogP contribution in [0.3, 0.4) is 0 Å². The van der Waals surface area contributed by atoms with Crippen molar-refractivity contribution in [2.75, 3.05) is 19.7 Å². The minimum atomic E-state index is 0.0983. The molecule has 0 aromatic heterocycles. The molecule has 1 aromatic carbocycles. The van der Waals surface area contributed by atoms with E-state index in [1.807, 2.05) is 12.1 Å². The van der Waals surface area contributed by atoms with E-state index in [0.29, 0.717) is 17.1 Å². The van der Waals surface area contributed by atoms with Crippen LogP contribution in [0.2, 0.25) is 0 Å². The highest BCUT2D eigenvalue weighted by Crippen LogP contribution is 2.26. The molecular formula is C11H10N2O2S. The van der Waals surface area contributed by atoms with Crippen LogP contribution >= 0.6 is 11.8 Å². The van der Waals surface area contributed by atoms with E-state index in [4.69, 9.17) is 20.0 Å². The van der Waals surface area contributed by atoms with Crippen molar-refractivity contribution in [3.63, 3.8) is 0 Å². The molecule has 0 saturated heterocycles. The molecule has 0 fully saturated rings. The molecule has 0 saturated carbocycles. The molecule has 0 aliphatic rings. The topological polar surface area (TPSA) is 66.0 Å². The first-order chi connectivity index (χ1) is 7.81. The van der Waals surface area contributed by atoms with Crippen LogP contribution < -0.4 is 4.74 Å². The van der Waals surface area contributed by atoms with Gasteiger partial charge in [0.25, 0.3) is 0 Å². The number of ether oxygens (including phenoxy) is 2. The van der Waals surface area contributed by atoms with Crippen molar-refractivity contribution in [2.24, 2.45) is 0 Å². The van der Waals surface area contributed by atoms with Crippen molar-refractivity contribution in [2.45, 2.75) is 4.90 Å². The highest BCUT2D eigenvalue weighted by molar-refractivity contribution is 7.99. The normalized spacial score (nSPS) is 9.19. The van der Waals surface area contributed by atoms with E-state index in [1.54, 1.807) is 18.2 Å². The molecule has 0 bridgehead atoms. The van der Waals surface area contributed by atoms with Crippen LogP contribution in [0.4, 0.5) is 0 Å². The number of methoxy groups -OCH3 is 1. The van der Waals surface area contributed by atoms with Crippen molar-refractivity contribution in [1.82, 2.24) is 0 Å². The zero-order chi connectivity index (χ0) is 11.8. The molecule has 1 aromatic rings. The van der Waals surface area contributed by atoms with Crippen molar-refractivity contribution in [3.05, 3.63) is 23.8 Å². The Hall–Kier alpha value is -1.69. The SMILES string of the molecule is COCOc1cc(SCC#N)ccc1C#N. The third-order valence-corrected chi connectivity index (χ3v) is 2.57. The van der Waals surface area contributed by atoms with Gasteiger partial charge in [-0.3, -0.25) is 0 Å². The van der Waals surface area contributed by atoms with Gasteiger partial charge in [-0.2, -0.15) is 10.5 Å². The largest absolute Gasteiger partial charge is 0.466 e. The molecule has 4 nitrogen and oxygen atoms in total. The molecular weight excluding hydrogens is 224 g/mol. The van der Waals surface area contributed by atoms with Gasteiger partial charge >= 0.3 is 0 Å². The molecule has 0 aliphatic heterocycles. The second-order valence-corrected chi connectivity index (χ2v) is 3.82. The Morgan fingerprint density at radius 1 is 1.38 bits per heavy atom. The van der Waals surface area contributed by atoms with Gasteiger partial charge in [-0.05, 0) is 18.2 Å². The summed E-state index contributed by atoms with van der Waals surface area (Å²) in [6, 6.07) is 9.27. The quantitative estimate of drug-likeness (QED) is 0.577. The Morgan fingerprint density at radius 3 is 2.81 bits per heavy atom. The fourth-order valence-corrected chi connectivity index (χ4v) is 1.63. The highest BCUT2D eigenvalue weighted by Gasteiger charge is 2.05. The number of thioether (sulfide) groups is 1. The van der Waals surface area contributed by atoms with E-state index in [2.05, 4.69) is 0 Å². The Labute approximate surface area is 98.4 Å². The number of benzene rings is 1. The molecule has 0 aliphatic carbocycles. The van der Waals surface area contributed by atoms with E-state index in [0.717, 1.165) is 4.90 Å². The van der Waals surface area contributed by atoms with E-state index in [9.17, 15) is 0 Å². The summed E-state index contributed by atoms with van der Waals surface area (Å²) in [5.41, 5.74) is 0.457. The molecule has 0 unspecified atom stereocenters. The maximum absolute atomic E-state index is 8.85. The summed E-state index contributed by atoms with van der Waals surface area (Å²) in [6.07, 6.45) is 0. The predicted molar refractivity (Wildman–Crippen MR) is 60.0 cm³/mol. The first kappa shape index (κ1) is 12.4. The third kappa shape index (κ3) is 3.47. The van der Waals surface area contributed by atoms with Crippen molar-refractivity contribution < 1.29 is 9.47 Å². The van der Waals surface area contributed by atoms with Gasteiger partial charge in [0.15, 0.2) is 6.79 Å². The predicted octanol–water partition coefficient (Wildman–Crippen LogP) is 2.16. The van der Waals surface area contributed by atoms with Gasteiger partial charge in [0.1, 0.15) is 11.8 Å². The molecule has 0 radical (unpaired) electrons. The Balaban J connectivity index is 2.85. The van der Waals surface area contributed by atoms with Crippen LogP contribution in [0.5, 0.6) is 5.75 Å². The maximum Gasteiger partial charge on any atom is 0.188 e. The molecule has 0 amide bonds. The fourth-order valence-electron chi connectivity index (χ4n) is 1.04. The van der Waals surface area contributed by atoms with E-state index in [1.165, 1.54) is 18.9 Å². The molecule has 0 spiro atoms. The van der Waals surface area contributed by atoms with Gasteiger partial charge in [0.05, 0.1) is 17.4 Å². The lowest BCUT2D eigenvalue weighted by Gasteiger charge is -2.07. The van der Waals surface area contributed by atoms with Gasteiger partial charge in [0.2, 0.25) is 0 Å². The standard InChI is InChI=1S/C11H10N2O2S/c1-14-8-15-11-6-10(16-5-4-12)3-2-9(11)7-13/h2-3,6H,5,8H2,1H3. The minimum absolute atomic E-state index is 0.0983. The zero-order valence-corrected chi connectivity index (χ0v) is 9.58. The molecule has 1 rings (SSSR count). The first-order valence-corrected chi connectivity index (χ1v) is 5.46. The summed E-state index contributed by atoms with van der Waals surface area (Å²) in [5, 5.41) is 17.3. The number of nitrogens with zero attached hydrogens (tertiary/aromatic N) is 2. The second kappa shape index (κ2) is 6.73. The summed E-state index contributed by atoms with van der Waals surface area (Å²) >= 11 is 1.40. The number of hydrogen-bond donors (Lipinski definition) is 0. The van der Waals surface area contributed by atoms with Crippen LogP contribution in [-0.2, 0) is 4.74 Å². The second-order valence-electron chi connectivity index (χ2n) is 2.77. The van der Waals surface area contributed by atoms with Gasteiger partial charge in [-0.15, -0.1) is 11.8 Å². The van der Waals surface area contributed by atoms with Gasteiger partial charge < -0.3 is 9.47 Å². The van der Waals surface area contributed by atoms with Gasteiger partial charge in [0, 0.05) is 12.0 Å². The van der Waals surface area contributed by atoms with Crippen LogP contribution in [0, 0.1) is 22.7 Å². The summed E-state index contributed by atoms with van der Waals surface area (Å²) < 4.78 is 10.0. The number of rotatable bonds is 5. The molecule has 0 atom stereocenters. The van der Waals surface area contributed by atoms with Crippen LogP contribution in [0.15, 0.2) is 23.1 Å². The van der Waals surface area contributed by atoms with E-state index < -0.39 is 0 Å². The highest BCUT2D eigenvalue weighted by atomic mass is 32.2. The van der Waals surface area contributed by atoms with Crippen molar-refractivity contribution in [3.8, 4) is 17.9 Å². The van der Waals surface area contributed by atoms with Crippen LogP contribution in [0.25, 0.3) is 0 Å². The van der Waals surface area contributed by atoms with Gasteiger partial charge in [-0.1, -0.05) is 0 Å². The summed E-state index contributed by atoms with van der Waals surface area (Å²) in [6.45, 7) is 0.0983. The van der Waals surface area contributed by atoms with Crippen molar-refractivity contribution >= 4 is 11.8 Å². The monoisotopic (exact) mass is 234 g/mol. The lowest BCUT2D eigenvalue weighted by molar-refractivity contribution is 0.0507. The average molecular weight is 234 g/mol. The summed E-state index contributed by atoms with van der Waals surface area (Å²) in [5.74, 6) is 0.850. The molecule has 0 N–H and O–H groups in total. The fraction of sp³-hybridized carbons (Fsp3) is 0.273. The van der Waals surface area contributed by atoms with E-state index in [-0.39, 0.29) is 6.79 Å². The number of nitriles is 2.